The van der Waals surface area contributed by atoms with E-state index in [0.29, 0.717) is 5.92 Å². The Morgan fingerprint density at radius 1 is 0.893 bits per heavy atom. The van der Waals surface area contributed by atoms with Crippen LogP contribution in [0.15, 0.2) is 36.4 Å². The maximum atomic E-state index is 12.5. The molecule has 0 heterocycles. The monoisotopic (exact) mass is 382 g/mol. The SMILES string of the molecule is Cc1cccc(NC(=O)C[NH+](C)CC(=O)Nc2c(C)cccc2C(C)C)c1C. The van der Waals surface area contributed by atoms with E-state index in [0.717, 1.165) is 38.5 Å². The third-order valence-corrected chi connectivity index (χ3v) is 4.99. The molecule has 0 bridgehead atoms. The Balaban J connectivity index is 1.94. The molecule has 5 nitrogen and oxygen atoms in total. The van der Waals surface area contributed by atoms with Gasteiger partial charge in [0.2, 0.25) is 0 Å². The van der Waals surface area contributed by atoms with E-state index < -0.39 is 0 Å². The van der Waals surface area contributed by atoms with Crippen molar-refractivity contribution in [3.05, 3.63) is 58.7 Å². The number of hydrogen-bond acceptors (Lipinski definition) is 2. The third-order valence-electron chi connectivity index (χ3n) is 4.99. The van der Waals surface area contributed by atoms with E-state index in [1.165, 1.54) is 0 Å². The number of likely N-dealkylation sites (N-methyl/N-ethyl adjacent to an activating group) is 1. The highest BCUT2D eigenvalue weighted by Gasteiger charge is 2.17. The van der Waals surface area contributed by atoms with Crippen molar-refractivity contribution >= 4 is 23.2 Å². The van der Waals surface area contributed by atoms with Crippen LogP contribution < -0.4 is 15.5 Å². The van der Waals surface area contributed by atoms with Crippen LogP contribution in [-0.2, 0) is 9.59 Å². The lowest BCUT2D eigenvalue weighted by molar-refractivity contribution is -0.862. The number of nitrogens with one attached hydrogen (secondary N) is 3. The summed E-state index contributed by atoms with van der Waals surface area (Å²) in [5, 5.41) is 5.99. The first kappa shape index (κ1) is 21.6. The first-order valence-corrected chi connectivity index (χ1v) is 9.75. The van der Waals surface area contributed by atoms with Crippen molar-refractivity contribution in [1.29, 1.82) is 0 Å². The molecule has 0 spiro atoms. The second-order valence-electron chi connectivity index (χ2n) is 7.85. The van der Waals surface area contributed by atoms with Gasteiger partial charge in [-0.05, 0) is 55.0 Å². The van der Waals surface area contributed by atoms with E-state index in [9.17, 15) is 9.59 Å². The van der Waals surface area contributed by atoms with Crippen molar-refractivity contribution in [2.24, 2.45) is 0 Å². The molecule has 0 fully saturated rings. The summed E-state index contributed by atoms with van der Waals surface area (Å²) in [6, 6.07) is 11.9. The van der Waals surface area contributed by atoms with E-state index in [1.54, 1.807) is 0 Å². The summed E-state index contributed by atoms with van der Waals surface area (Å²) in [4.78, 5) is 25.7. The largest absolute Gasteiger partial charge is 0.322 e. The van der Waals surface area contributed by atoms with E-state index in [-0.39, 0.29) is 24.9 Å². The molecular formula is C23H32N3O2+. The smallest absolute Gasteiger partial charge is 0.279 e. The zero-order valence-corrected chi connectivity index (χ0v) is 17.8. The fourth-order valence-electron chi connectivity index (χ4n) is 3.22. The van der Waals surface area contributed by atoms with Crippen LogP contribution in [0.5, 0.6) is 0 Å². The molecule has 0 aliphatic heterocycles. The van der Waals surface area contributed by atoms with Gasteiger partial charge in [-0.1, -0.05) is 44.2 Å². The summed E-state index contributed by atoms with van der Waals surface area (Å²) < 4.78 is 0. The Kier molecular flexibility index (Phi) is 7.35. The van der Waals surface area contributed by atoms with Gasteiger partial charge in [-0.15, -0.1) is 0 Å². The van der Waals surface area contributed by atoms with Crippen LogP contribution in [0.4, 0.5) is 11.4 Å². The maximum absolute atomic E-state index is 12.5. The van der Waals surface area contributed by atoms with Crippen LogP contribution in [0, 0.1) is 20.8 Å². The number of rotatable bonds is 7. The average Bonchev–Trinajstić information content (AvgIpc) is 2.60. The van der Waals surface area contributed by atoms with E-state index in [4.69, 9.17) is 0 Å². The maximum Gasteiger partial charge on any atom is 0.279 e. The molecule has 2 amide bonds. The predicted octanol–water partition coefficient (Wildman–Crippen LogP) is 2.83. The number of anilines is 2. The molecule has 150 valence electrons. The molecule has 1 unspecified atom stereocenters. The van der Waals surface area contributed by atoms with E-state index in [1.807, 2.05) is 64.2 Å². The van der Waals surface area contributed by atoms with Crippen molar-refractivity contribution in [1.82, 2.24) is 0 Å². The molecule has 0 saturated heterocycles. The summed E-state index contributed by atoms with van der Waals surface area (Å²) >= 11 is 0. The highest BCUT2D eigenvalue weighted by molar-refractivity contribution is 5.94. The van der Waals surface area contributed by atoms with Gasteiger partial charge in [0, 0.05) is 11.4 Å². The lowest BCUT2D eigenvalue weighted by Gasteiger charge is -2.18. The predicted molar refractivity (Wildman–Crippen MR) is 115 cm³/mol. The van der Waals surface area contributed by atoms with Crippen molar-refractivity contribution in [2.75, 3.05) is 30.8 Å². The Bertz CT molecular complexity index is 859. The van der Waals surface area contributed by atoms with Crippen LogP contribution in [0.1, 0.15) is 42.0 Å². The zero-order chi connectivity index (χ0) is 20.8. The van der Waals surface area contributed by atoms with Crippen LogP contribution in [-0.4, -0.2) is 32.0 Å². The number of carbonyl (C=O) groups excluding carboxylic acids is 2. The zero-order valence-electron chi connectivity index (χ0n) is 17.8. The third kappa shape index (κ3) is 5.67. The molecule has 28 heavy (non-hydrogen) atoms. The minimum Gasteiger partial charge on any atom is -0.322 e. The topological polar surface area (TPSA) is 62.6 Å². The lowest BCUT2D eigenvalue weighted by atomic mass is 9.98. The molecule has 2 aromatic rings. The van der Waals surface area contributed by atoms with Gasteiger partial charge < -0.3 is 15.5 Å². The fraction of sp³-hybridized carbons (Fsp3) is 0.391. The molecule has 5 heteroatoms. The highest BCUT2D eigenvalue weighted by Crippen LogP contribution is 2.27. The Hall–Kier alpha value is -2.66. The Labute approximate surface area is 168 Å². The van der Waals surface area contributed by atoms with Gasteiger partial charge in [0.25, 0.3) is 11.8 Å². The Morgan fingerprint density at radius 2 is 1.46 bits per heavy atom. The van der Waals surface area contributed by atoms with Gasteiger partial charge in [0.15, 0.2) is 13.1 Å². The molecule has 2 rings (SSSR count). The van der Waals surface area contributed by atoms with Crippen LogP contribution in [0.3, 0.4) is 0 Å². The van der Waals surface area contributed by atoms with Gasteiger partial charge >= 0.3 is 0 Å². The average molecular weight is 383 g/mol. The number of aryl methyl sites for hydroxylation is 2. The second-order valence-corrected chi connectivity index (χ2v) is 7.85. The first-order chi connectivity index (χ1) is 13.2. The number of quaternary nitrogens is 1. The first-order valence-electron chi connectivity index (χ1n) is 9.75. The summed E-state index contributed by atoms with van der Waals surface area (Å²) in [6.07, 6.45) is 0. The summed E-state index contributed by atoms with van der Waals surface area (Å²) in [5.41, 5.74) is 6.08. The molecule has 2 aromatic carbocycles. The molecular weight excluding hydrogens is 350 g/mol. The summed E-state index contributed by atoms with van der Waals surface area (Å²) in [7, 11) is 1.85. The standard InChI is InChI=1S/C23H31N3O2/c1-15(2)19-11-7-10-17(4)23(19)25-22(28)14-26(6)13-21(27)24-20-12-8-9-16(3)18(20)5/h7-12,15H,13-14H2,1-6H3,(H,24,27)(H,25,28)/p+1. The minimum atomic E-state index is -0.0993. The molecule has 0 saturated carbocycles. The van der Waals surface area contributed by atoms with Gasteiger partial charge in [-0.2, -0.15) is 0 Å². The van der Waals surface area contributed by atoms with Crippen molar-refractivity contribution < 1.29 is 14.5 Å². The van der Waals surface area contributed by atoms with Crippen LogP contribution >= 0.6 is 0 Å². The number of amides is 2. The van der Waals surface area contributed by atoms with Crippen LogP contribution in [0.2, 0.25) is 0 Å². The van der Waals surface area contributed by atoms with E-state index >= 15 is 0 Å². The summed E-state index contributed by atoms with van der Waals surface area (Å²) in [5.74, 6) is 0.134. The van der Waals surface area contributed by atoms with Gasteiger partial charge in [0.1, 0.15) is 0 Å². The van der Waals surface area contributed by atoms with Crippen molar-refractivity contribution in [3.8, 4) is 0 Å². The number of para-hydroxylation sites is 1. The van der Waals surface area contributed by atoms with Crippen LogP contribution in [0.25, 0.3) is 0 Å². The van der Waals surface area contributed by atoms with Crippen molar-refractivity contribution in [3.63, 3.8) is 0 Å². The molecule has 0 aliphatic rings. The minimum absolute atomic E-state index is 0.0896. The Morgan fingerprint density at radius 3 is 2.11 bits per heavy atom. The molecule has 1 atom stereocenters. The fourth-order valence-corrected chi connectivity index (χ4v) is 3.22. The molecule has 3 N–H and O–H groups in total. The number of carbonyl (C=O) groups is 2. The quantitative estimate of drug-likeness (QED) is 0.690. The van der Waals surface area contributed by atoms with Gasteiger partial charge in [0.05, 0.1) is 7.05 Å². The molecule has 0 aromatic heterocycles. The van der Waals surface area contributed by atoms with Crippen molar-refractivity contribution in [2.45, 2.75) is 40.5 Å². The van der Waals surface area contributed by atoms with Gasteiger partial charge in [-0.25, -0.2) is 0 Å². The molecule has 0 aliphatic carbocycles. The lowest BCUT2D eigenvalue weighted by Crippen LogP contribution is -3.11. The number of benzene rings is 2. The van der Waals surface area contributed by atoms with Gasteiger partial charge in [-0.3, -0.25) is 9.59 Å². The number of hydrogen-bond donors (Lipinski definition) is 3. The molecule has 0 radical (unpaired) electrons. The van der Waals surface area contributed by atoms with E-state index in [2.05, 4.69) is 24.5 Å². The normalized spacial score (nSPS) is 12.0. The second kappa shape index (κ2) is 9.51. The highest BCUT2D eigenvalue weighted by atomic mass is 16.2. The summed E-state index contributed by atoms with van der Waals surface area (Å²) in [6.45, 7) is 10.7.